The molecule has 1 N–H and O–H groups in total. The van der Waals surface area contributed by atoms with Crippen molar-refractivity contribution in [1.29, 1.82) is 0 Å². The zero-order valence-corrected chi connectivity index (χ0v) is 12.3. The van der Waals surface area contributed by atoms with Crippen molar-refractivity contribution < 1.29 is 27.6 Å². The Morgan fingerprint density at radius 1 is 1.25 bits per heavy atom. The lowest BCUT2D eigenvalue weighted by molar-refractivity contribution is 0.112. The molecule has 2 aromatic rings. The van der Waals surface area contributed by atoms with Crippen LogP contribution in [0.15, 0.2) is 34.8 Å². The second-order valence-electron chi connectivity index (χ2n) is 3.94. The minimum Gasteiger partial charge on any atom is -0.420 e. The molecule has 4 nitrogen and oxygen atoms in total. The highest BCUT2D eigenvalue weighted by molar-refractivity contribution is 9.10. The lowest BCUT2D eigenvalue weighted by atomic mass is 10.1. The third-order valence-corrected chi connectivity index (χ3v) is 4.10. The lowest BCUT2D eigenvalue weighted by Crippen LogP contribution is -2.01. The molecule has 2 aromatic carbocycles. The summed E-state index contributed by atoms with van der Waals surface area (Å²) in [6, 6.07) is 7.65. The summed E-state index contributed by atoms with van der Waals surface area (Å²) in [5.41, 5.74) is 0.395. The van der Waals surface area contributed by atoms with Gasteiger partial charge in [0.15, 0.2) is 0 Å². The van der Waals surface area contributed by atoms with E-state index in [2.05, 4.69) is 20.5 Å². The number of carbonyl (C=O) groups is 1. The number of alkyl halides is 2. The average molecular weight is 365 g/mol. The molecule has 0 saturated heterocycles. The minimum atomic E-state index is -5.04. The van der Waals surface area contributed by atoms with E-state index in [1.165, 1.54) is 12.1 Å². The summed E-state index contributed by atoms with van der Waals surface area (Å²) in [5, 5.41) is 1.25. The van der Waals surface area contributed by atoms with Gasteiger partial charge in [-0.1, -0.05) is 12.1 Å². The number of fused-ring (bicyclic) bond motifs is 1. The second-order valence-corrected chi connectivity index (χ2v) is 6.50. The summed E-state index contributed by atoms with van der Waals surface area (Å²) < 4.78 is 40.7. The van der Waals surface area contributed by atoms with E-state index >= 15 is 0 Å². The van der Waals surface area contributed by atoms with Gasteiger partial charge in [0.2, 0.25) is 0 Å². The molecule has 20 heavy (non-hydrogen) atoms. The molecule has 0 heterocycles. The van der Waals surface area contributed by atoms with Crippen molar-refractivity contribution in [2.45, 2.75) is 6.17 Å². The monoisotopic (exact) mass is 364 g/mol. The number of benzene rings is 2. The van der Waals surface area contributed by atoms with Crippen LogP contribution in [0, 0.1) is 0 Å². The predicted octanol–water partition coefficient (Wildman–Crippen LogP) is 4.20. The van der Waals surface area contributed by atoms with E-state index in [0.29, 0.717) is 17.2 Å². The van der Waals surface area contributed by atoms with Gasteiger partial charge in [-0.15, -0.1) is 0 Å². The van der Waals surface area contributed by atoms with Crippen molar-refractivity contribution in [3.63, 3.8) is 0 Å². The van der Waals surface area contributed by atoms with Crippen LogP contribution < -0.4 is 4.52 Å². The molecule has 0 radical (unpaired) electrons. The Hall–Kier alpha value is -1.30. The smallest absolute Gasteiger partial charge is 0.420 e. The Labute approximate surface area is 121 Å². The van der Waals surface area contributed by atoms with Gasteiger partial charge in [0.05, 0.1) is 4.47 Å². The SMILES string of the molecule is O=Cc1ccc2cc(Br)c(OP(=O)(O)C(F)F)cc2c1. The van der Waals surface area contributed by atoms with Crippen LogP contribution in [0.3, 0.4) is 0 Å². The average Bonchev–Trinajstić information content (AvgIpc) is 2.38. The lowest BCUT2D eigenvalue weighted by Gasteiger charge is -2.14. The third-order valence-electron chi connectivity index (χ3n) is 2.53. The summed E-state index contributed by atoms with van der Waals surface area (Å²) in [5.74, 6) is -0.188. The Balaban J connectivity index is 2.51. The van der Waals surface area contributed by atoms with Crippen LogP contribution in [0.25, 0.3) is 10.8 Å². The standard InChI is InChI=1S/C12H8BrF2O4P/c13-10-4-8-2-1-7(6-16)3-9(8)5-11(10)19-20(17,18)12(14)15/h1-6,12H,(H,17,18). The van der Waals surface area contributed by atoms with E-state index < -0.39 is 13.8 Å². The summed E-state index contributed by atoms with van der Waals surface area (Å²) in [7, 11) is -5.04. The molecule has 0 saturated carbocycles. The van der Waals surface area contributed by atoms with Gasteiger partial charge in [-0.2, -0.15) is 8.78 Å². The molecule has 0 aromatic heterocycles. The predicted molar refractivity (Wildman–Crippen MR) is 73.5 cm³/mol. The molecular weight excluding hydrogens is 357 g/mol. The second kappa shape index (κ2) is 5.60. The number of halogens is 3. The molecular formula is C12H8BrF2O4P. The number of aldehydes is 1. The molecule has 0 aliphatic carbocycles. The maximum Gasteiger partial charge on any atom is 0.442 e. The molecule has 0 amide bonds. The van der Waals surface area contributed by atoms with E-state index in [9.17, 15) is 18.1 Å². The van der Waals surface area contributed by atoms with Crippen LogP contribution in [0.5, 0.6) is 5.75 Å². The molecule has 2 rings (SSSR count). The molecule has 0 fully saturated rings. The first kappa shape index (κ1) is 15.1. The third kappa shape index (κ3) is 3.06. The van der Waals surface area contributed by atoms with Crippen LogP contribution in [-0.2, 0) is 4.57 Å². The fourth-order valence-corrected chi connectivity index (χ4v) is 2.67. The van der Waals surface area contributed by atoms with E-state index in [1.54, 1.807) is 18.2 Å². The van der Waals surface area contributed by atoms with Gasteiger partial charge in [0, 0.05) is 5.56 Å². The molecule has 106 valence electrons. The number of hydrogen-bond acceptors (Lipinski definition) is 3. The first-order valence-electron chi connectivity index (χ1n) is 5.32. The fraction of sp³-hybridized carbons (Fsp3) is 0.0833. The van der Waals surface area contributed by atoms with Gasteiger partial charge < -0.3 is 9.42 Å². The van der Waals surface area contributed by atoms with Crippen molar-refractivity contribution in [3.05, 3.63) is 40.4 Å². The van der Waals surface area contributed by atoms with E-state index in [0.717, 1.165) is 5.39 Å². The fourth-order valence-electron chi connectivity index (χ4n) is 1.59. The highest BCUT2D eigenvalue weighted by Crippen LogP contribution is 2.50. The Morgan fingerprint density at radius 2 is 1.95 bits per heavy atom. The summed E-state index contributed by atoms with van der Waals surface area (Å²) in [4.78, 5) is 19.7. The van der Waals surface area contributed by atoms with Crippen LogP contribution in [0.2, 0.25) is 0 Å². The molecule has 0 aliphatic heterocycles. The normalized spacial score (nSPS) is 14.2. The molecule has 0 bridgehead atoms. The van der Waals surface area contributed by atoms with Gasteiger partial charge in [0.1, 0.15) is 12.0 Å². The largest absolute Gasteiger partial charge is 0.442 e. The number of hydrogen-bond donors (Lipinski definition) is 1. The van der Waals surface area contributed by atoms with Crippen molar-refractivity contribution in [2.24, 2.45) is 0 Å². The molecule has 8 heteroatoms. The number of carbonyl (C=O) groups excluding carboxylic acids is 1. The maximum absolute atomic E-state index is 12.4. The molecule has 0 spiro atoms. The van der Waals surface area contributed by atoms with Crippen LogP contribution in [-0.4, -0.2) is 17.3 Å². The summed E-state index contributed by atoms with van der Waals surface area (Å²) in [6.07, 6.45) is -2.86. The molecule has 0 aliphatic rings. The Morgan fingerprint density at radius 3 is 2.55 bits per heavy atom. The van der Waals surface area contributed by atoms with Gasteiger partial charge >= 0.3 is 13.8 Å². The minimum absolute atomic E-state index is 0.188. The van der Waals surface area contributed by atoms with Gasteiger partial charge in [-0.3, -0.25) is 4.79 Å². The Kier molecular flexibility index (Phi) is 4.22. The summed E-state index contributed by atoms with van der Waals surface area (Å²) >= 11 is 3.08. The van der Waals surface area contributed by atoms with Gasteiger partial charge in [-0.05, 0) is 44.9 Å². The van der Waals surface area contributed by atoms with Crippen molar-refractivity contribution in [2.75, 3.05) is 0 Å². The van der Waals surface area contributed by atoms with E-state index in [1.807, 2.05) is 0 Å². The van der Waals surface area contributed by atoms with E-state index in [-0.39, 0.29) is 10.2 Å². The zero-order valence-electron chi connectivity index (χ0n) is 9.79. The van der Waals surface area contributed by atoms with Crippen molar-refractivity contribution in [3.8, 4) is 5.75 Å². The van der Waals surface area contributed by atoms with Gasteiger partial charge in [0.25, 0.3) is 0 Å². The summed E-state index contributed by atoms with van der Waals surface area (Å²) in [6.45, 7) is 0. The topological polar surface area (TPSA) is 63.6 Å². The Bertz CT molecular complexity index is 720. The highest BCUT2D eigenvalue weighted by atomic mass is 79.9. The zero-order chi connectivity index (χ0) is 14.9. The highest BCUT2D eigenvalue weighted by Gasteiger charge is 2.34. The molecule has 1 atom stereocenters. The first-order chi connectivity index (χ1) is 9.33. The van der Waals surface area contributed by atoms with Crippen molar-refractivity contribution in [1.82, 2.24) is 0 Å². The van der Waals surface area contributed by atoms with Crippen LogP contribution in [0.4, 0.5) is 8.78 Å². The quantitative estimate of drug-likeness (QED) is 0.652. The van der Waals surface area contributed by atoms with E-state index in [4.69, 9.17) is 4.89 Å². The maximum atomic E-state index is 12.4. The van der Waals surface area contributed by atoms with Crippen molar-refractivity contribution >= 4 is 40.6 Å². The first-order valence-corrected chi connectivity index (χ1v) is 7.76. The van der Waals surface area contributed by atoms with Crippen LogP contribution >= 0.6 is 23.5 Å². The van der Waals surface area contributed by atoms with Crippen LogP contribution in [0.1, 0.15) is 10.4 Å². The molecule has 1 unspecified atom stereocenters. The van der Waals surface area contributed by atoms with Gasteiger partial charge in [-0.25, -0.2) is 4.57 Å². The number of rotatable bonds is 4.